The van der Waals surface area contributed by atoms with Gasteiger partial charge in [0.05, 0.1) is 0 Å². The van der Waals surface area contributed by atoms with Crippen LogP contribution in [0.2, 0.25) is 0 Å². The maximum absolute atomic E-state index is 0. The molecule has 0 aromatic rings. The normalized spacial score (nSPS) is 0. The minimum atomic E-state index is 0. The quantitative estimate of drug-likeness (QED) is 0.320. The molecule has 58 valence electrons. The fourth-order valence-electron chi connectivity index (χ4n) is 0. The Labute approximate surface area is 87.2 Å². The van der Waals surface area contributed by atoms with Crippen LogP contribution in [0.5, 0.6) is 0 Å². The second-order valence-electron chi connectivity index (χ2n) is 0. The Morgan fingerprint density at radius 3 is 0.375 bits per heavy atom. The number of hydrogen-bond donors (Lipinski definition) is 0. The summed E-state index contributed by atoms with van der Waals surface area (Å²) in [4.78, 5) is 0. The fourth-order valence-corrected chi connectivity index (χ4v) is 0. The molecule has 0 saturated heterocycles. The molecule has 0 spiro atoms. The summed E-state index contributed by atoms with van der Waals surface area (Å²) in [5, 5.41) is 0. The molecule has 8 heavy (non-hydrogen) atoms. The van der Waals surface area contributed by atoms with E-state index >= 15 is 0 Å². The predicted octanol–water partition coefficient (Wildman–Crippen LogP) is -7.05. The molecule has 0 aliphatic carbocycles. The summed E-state index contributed by atoms with van der Waals surface area (Å²) in [6, 6.07) is 0. The summed E-state index contributed by atoms with van der Waals surface area (Å²) in [6.07, 6.45) is 0. The van der Waals surface area contributed by atoms with Gasteiger partial charge in [-0.1, -0.05) is 0 Å². The van der Waals surface area contributed by atoms with Crippen LogP contribution in [0.25, 0.3) is 0 Å². The standard InChI is InChI=1S/Al.Ca.6H2O.5H/h;;6*1H2;;;;;. The molecule has 0 aliphatic heterocycles. The van der Waals surface area contributed by atoms with Crippen molar-refractivity contribution >= 4 is 55.1 Å². The summed E-state index contributed by atoms with van der Waals surface area (Å²) in [6.45, 7) is 0. The van der Waals surface area contributed by atoms with Gasteiger partial charge in [0, 0.05) is 0 Å². The molecule has 0 aromatic carbocycles. The second-order valence-corrected chi connectivity index (χ2v) is 0. The van der Waals surface area contributed by atoms with Gasteiger partial charge in [-0.2, -0.15) is 0 Å². The first kappa shape index (κ1) is 290. The molecule has 6 nitrogen and oxygen atoms in total. The van der Waals surface area contributed by atoms with E-state index in [1.165, 1.54) is 0 Å². The van der Waals surface area contributed by atoms with Crippen LogP contribution in [0.3, 0.4) is 0 Å². The molecule has 0 amide bonds. The average molecular weight is 180 g/mol. The molecule has 8 heteroatoms. The first-order valence-corrected chi connectivity index (χ1v) is 0. The molecule has 0 radical (unpaired) electrons. The van der Waals surface area contributed by atoms with Crippen molar-refractivity contribution in [2.75, 3.05) is 0 Å². The van der Waals surface area contributed by atoms with E-state index in [2.05, 4.69) is 0 Å². The monoisotopic (exact) mass is 180 g/mol. The summed E-state index contributed by atoms with van der Waals surface area (Å²) < 4.78 is 0. The Hall–Kier alpha value is 1.55. The van der Waals surface area contributed by atoms with Gasteiger partial charge in [-0.15, -0.1) is 0 Å². The first-order valence-electron chi connectivity index (χ1n) is 0. The van der Waals surface area contributed by atoms with Crippen molar-refractivity contribution in [2.24, 2.45) is 0 Å². The Balaban J connectivity index is 0. The fraction of sp³-hybridized carbons (Fsp3) is 0. The SMILES string of the molecule is O.O.O.O.O.O.[AlH3].[CaH2]. The van der Waals surface area contributed by atoms with Crippen LogP contribution in [-0.2, 0) is 0 Å². The molecule has 0 saturated carbocycles. The molecular formula is H17AlCaO6. The molecular weight excluding hydrogens is 163 g/mol. The van der Waals surface area contributed by atoms with Crippen LogP contribution in [-0.4, -0.2) is 88.0 Å². The van der Waals surface area contributed by atoms with Gasteiger partial charge in [-0.05, 0) is 0 Å². The predicted molar refractivity (Wildman–Crippen MR) is 40.2 cm³/mol. The van der Waals surface area contributed by atoms with E-state index < -0.39 is 0 Å². The van der Waals surface area contributed by atoms with Crippen LogP contribution < -0.4 is 0 Å². The van der Waals surface area contributed by atoms with Gasteiger partial charge >= 0.3 is 37.7 Å². The van der Waals surface area contributed by atoms with Crippen molar-refractivity contribution in [3.63, 3.8) is 0 Å². The summed E-state index contributed by atoms with van der Waals surface area (Å²) >= 11 is 0. The van der Waals surface area contributed by atoms with Crippen molar-refractivity contribution in [1.29, 1.82) is 0 Å². The minimum absolute atomic E-state index is 0. The van der Waals surface area contributed by atoms with Crippen molar-refractivity contribution in [1.82, 2.24) is 0 Å². The van der Waals surface area contributed by atoms with Gasteiger partial charge in [0.2, 0.25) is 0 Å². The van der Waals surface area contributed by atoms with Gasteiger partial charge in [-0.3, -0.25) is 0 Å². The zero-order valence-corrected chi connectivity index (χ0v) is 3.00. The Morgan fingerprint density at radius 2 is 0.375 bits per heavy atom. The van der Waals surface area contributed by atoms with Gasteiger partial charge in [-0.25, -0.2) is 0 Å². The summed E-state index contributed by atoms with van der Waals surface area (Å²) in [5.41, 5.74) is 0. The van der Waals surface area contributed by atoms with E-state index in [4.69, 9.17) is 0 Å². The second kappa shape index (κ2) is 202. The molecule has 0 bridgehead atoms. The van der Waals surface area contributed by atoms with Crippen molar-refractivity contribution < 1.29 is 32.9 Å². The van der Waals surface area contributed by atoms with E-state index in [9.17, 15) is 0 Å². The molecule has 0 atom stereocenters. The van der Waals surface area contributed by atoms with Gasteiger partial charge in [0.15, 0.2) is 17.4 Å². The van der Waals surface area contributed by atoms with E-state index in [0.29, 0.717) is 0 Å². The molecule has 0 aromatic heterocycles. The third kappa shape index (κ3) is 135. The van der Waals surface area contributed by atoms with E-state index in [-0.39, 0.29) is 88.0 Å². The molecule has 0 unspecified atom stereocenters. The van der Waals surface area contributed by atoms with Crippen molar-refractivity contribution in [2.45, 2.75) is 0 Å². The summed E-state index contributed by atoms with van der Waals surface area (Å²) in [7, 11) is 0. The Morgan fingerprint density at radius 1 is 0.375 bits per heavy atom. The molecule has 0 fully saturated rings. The van der Waals surface area contributed by atoms with Gasteiger partial charge in [0.1, 0.15) is 0 Å². The molecule has 12 N–H and O–H groups in total. The average Bonchev–Trinajstić information content (AvgIpc) is 0. The third-order valence-corrected chi connectivity index (χ3v) is 0. The van der Waals surface area contributed by atoms with Gasteiger partial charge in [0.25, 0.3) is 0 Å². The number of rotatable bonds is 0. The Bertz CT molecular complexity index is 8.49. The van der Waals surface area contributed by atoms with Crippen LogP contribution in [0.4, 0.5) is 0 Å². The molecule has 0 rings (SSSR count). The van der Waals surface area contributed by atoms with Crippen molar-refractivity contribution in [3.05, 3.63) is 0 Å². The van der Waals surface area contributed by atoms with E-state index in [1.807, 2.05) is 0 Å². The summed E-state index contributed by atoms with van der Waals surface area (Å²) in [5.74, 6) is 0. The third-order valence-electron chi connectivity index (χ3n) is 0. The van der Waals surface area contributed by atoms with Crippen LogP contribution >= 0.6 is 0 Å². The van der Waals surface area contributed by atoms with Gasteiger partial charge < -0.3 is 32.9 Å². The van der Waals surface area contributed by atoms with Crippen LogP contribution in [0.15, 0.2) is 0 Å². The molecule has 0 aliphatic rings. The number of hydrogen-bond acceptors (Lipinski definition) is 0. The van der Waals surface area contributed by atoms with Crippen molar-refractivity contribution in [3.8, 4) is 0 Å². The van der Waals surface area contributed by atoms with E-state index in [0.717, 1.165) is 0 Å². The maximum atomic E-state index is 0. The van der Waals surface area contributed by atoms with Crippen LogP contribution in [0, 0.1) is 0 Å². The van der Waals surface area contributed by atoms with Crippen LogP contribution in [0.1, 0.15) is 0 Å². The zero-order chi connectivity index (χ0) is 0. The molecule has 0 heterocycles. The van der Waals surface area contributed by atoms with E-state index in [1.54, 1.807) is 0 Å². The first-order chi connectivity index (χ1) is 0. The zero-order valence-electron chi connectivity index (χ0n) is 3.00. The topological polar surface area (TPSA) is 189 Å². The Kier molecular flexibility index (Phi) is 7340.